The van der Waals surface area contributed by atoms with Gasteiger partial charge < -0.3 is 8.85 Å². The zero-order chi connectivity index (χ0) is 16.9. The Balaban J connectivity index is 2.17. The SMILES string of the molecule is CC[Si](OC(C)C)(OC(C)(C)C1CCCCC1)C1CCCCC1. The van der Waals surface area contributed by atoms with Gasteiger partial charge in [-0.1, -0.05) is 45.4 Å². The Kier molecular flexibility index (Phi) is 7.18. The Morgan fingerprint density at radius 2 is 1.43 bits per heavy atom. The summed E-state index contributed by atoms with van der Waals surface area (Å²) < 4.78 is 13.8. The van der Waals surface area contributed by atoms with E-state index in [1.807, 2.05) is 0 Å². The minimum atomic E-state index is -2.15. The highest BCUT2D eigenvalue weighted by atomic mass is 28.4. The minimum Gasteiger partial charge on any atom is -0.392 e. The lowest BCUT2D eigenvalue weighted by Gasteiger charge is -2.48. The predicted octanol–water partition coefficient (Wildman–Crippen LogP) is 6.58. The number of hydrogen-bond acceptors (Lipinski definition) is 2. The molecular weight excluding hydrogens is 300 g/mol. The maximum absolute atomic E-state index is 7.08. The lowest BCUT2D eigenvalue weighted by molar-refractivity contribution is -0.0241. The van der Waals surface area contributed by atoms with Crippen LogP contribution in [0.5, 0.6) is 0 Å². The zero-order valence-corrected chi connectivity index (χ0v) is 17.3. The van der Waals surface area contributed by atoms with Gasteiger partial charge >= 0.3 is 8.56 Å². The van der Waals surface area contributed by atoms with Crippen LogP contribution in [-0.2, 0) is 8.85 Å². The second kappa shape index (κ2) is 8.49. The molecule has 0 aliphatic heterocycles. The van der Waals surface area contributed by atoms with Crippen molar-refractivity contribution in [3.63, 3.8) is 0 Å². The molecule has 0 amide bonds. The molecule has 1 atom stereocenters. The summed E-state index contributed by atoms with van der Waals surface area (Å²) in [5.74, 6) is 0.717. The molecule has 0 bridgehead atoms. The van der Waals surface area contributed by atoms with Gasteiger partial charge in [-0.2, -0.15) is 0 Å². The average molecular weight is 341 g/mol. The second-order valence-corrected chi connectivity index (χ2v) is 12.3. The van der Waals surface area contributed by atoms with Crippen LogP contribution in [0.4, 0.5) is 0 Å². The van der Waals surface area contributed by atoms with E-state index in [0.717, 1.165) is 6.04 Å². The van der Waals surface area contributed by atoms with Crippen LogP contribution in [0.2, 0.25) is 11.6 Å². The van der Waals surface area contributed by atoms with Gasteiger partial charge in [-0.3, -0.25) is 0 Å². The molecule has 3 heteroatoms. The van der Waals surface area contributed by atoms with Crippen molar-refractivity contribution in [1.29, 1.82) is 0 Å². The zero-order valence-electron chi connectivity index (χ0n) is 16.3. The first-order valence-electron chi connectivity index (χ1n) is 10.3. The molecule has 2 nitrogen and oxygen atoms in total. The molecule has 0 radical (unpaired) electrons. The van der Waals surface area contributed by atoms with Crippen molar-refractivity contribution in [1.82, 2.24) is 0 Å². The van der Waals surface area contributed by atoms with Crippen LogP contribution in [0, 0.1) is 5.92 Å². The first-order chi connectivity index (χ1) is 10.9. The molecule has 2 fully saturated rings. The lowest BCUT2D eigenvalue weighted by Crippen LogP contribution is -2.55. The number of rotatable bonds is 7. The fraction of sp³-hybridized carbons (Fsp3) is 1.00. The Labute approximate surface area is 146 Å². The molecule has 0 heterocycles. The minimum absolute atomic E-state index is 0.0189. The molecule has 0 aromatic carbocycles. The topological polar surface area (TPSA) is 18.5 Å². The third-order valence-corrected chi connectivity index (χ3v) is 10.7. The normalized spacial score (nSPS) is 24.8. The Bertz CT molecular complexity index is 344. The highest BCUT2D eigenvalue weighted by molar-refractivity contribution is 6.69. The third-order valence-electron chi connectivity index (χ3n) is 6.18. The van der Waals surface area contributed by atoms with E-state index in [1.165, 1.54) is 64.2 Å². The van der Waals surface area contributed by atoms with Gasteiger partial charge in [-0.05, 0) is 65.3 Å². The summed E-state index contributed by atoms with van der Waals surface area (Å²) in [4.78, 5) is 0. The summed E-state index contributed by atoms with van der Waals surface area (Å²) in [7, 11) is -2.15. The van der Waals surface area contributed by atoms with Crippen molar-refractivity contribution in [3.05, 3.63) is 0 Å². The van der Waals surface area contributed by atoms with Gasteiger partial charge in [0.25, 0.3) is 0 Å². The van der Waals surface area contributed by atoms with E-state index in [2.05, 4.69) is 34.6 Å². The largest absolute Gasteiger partial charge is 0.392 e. The highest BCUT2D eigenvalue weighted by Crippen LogP contribution is 2.45. The molecule has 2 saturated carbocycles. The second-order valence-electron chi connectivity index (χ2n) is 8.71. The first kappa shape index (κ1) is 19.5. The molecular formula is C20H40O2Si. The molecule has 23 heavy (non-hydrogen) atoms. The van der Waals surface area contributed by atoms with E-state index < -0.39 is 8.56 Å². The van der Waals surface area contributed by atoms with Gasteiger partial charge in [0.2, 0.25) is 0 Å². The van der Waals surface area contributed by atoms with Crippen LogP contribution < -0.4 is 0 Å². The van der Waals surface area contributed by atoms with Gasteiger partial charge in [0.05, 0.1) is 5.60 Å². The Morgan fingerprint density at radius 1 is 0.913 bits per heavy atom. The van der Waals surface area contributed by atoms with Crippen molar-refractivity contribution >= 4 is 8.56 Å². The van der Waals surface area contributed by atoms with Crippen LogP contribution in [-0.4, -0.2) is 20.3 Å². The standard InChI is InChI=1S/C20H40O2Si/c1-6-23(21-17(2)3,19-15-11-8-12-16-19)22-20(4,5)18-13-9-7-10-14-18/h17-19H,6-16H2,1-5H3. The molecule has 0 saturated heterocycles. The fourth-order valence-corrected chi connectivity index (χ4v) is 9.35. The molecule has 2 aliphatic carbocycles. The molecule has 2 aliphatic rings. The lowest BCUT2D eigenvalue weighted by atomic mass is 9.79. The smallest absolute Gasteiger partial charge is 0.341 e. The van der Waals surface area contributed by atoms with Crippen LogP contribution in [0.1, 0.15) is 98.8 Å². The van der Waals surface area contributed by atoms with Gasteiger partial charge in [-0.15, -0.1) is 0 Å². The molecule has 1 unspecified atom stereocenters. The van der Waals surface area contributed by atoms with Crippen molar-refractivity contribution in [3.8, 4) is 0 Å². The van der Waals surface area contributed by atoms with Gasteiger partial charge in [0, 0.05) is 11.6 Å². The van der Waals surface area contributed by atoms with Crippen LogP contribution in [0.3, 0.4) is 0 Å². The van der Waals surface area contributed by atoms with Crippen LogP contribution in [0.15, 0.2) is 0 Å². The summed E-state index contributed by atoms with van der Waals surface area (Å²) in [5, 5.41) is 0. The number of hydrogen-bond donors (Lipinski definition) is 0. The highest BCUT2D eigenvalue weighted by Gasteiger charge is 2.50. The summed E-state index contributed by atoms with van der Waals surface area (Å²) in [6.07, 6.45) is 13.9. The predicted molar refractivity (Wildman–Crippen MR) is 101 cm³/mol. The molecule has 0 N–H and O–H groups in total. The van der Waals surface area contributed by atoms with E-state index in [1.54, 1.807) is 0 Å². The first-order valence-corrected chi connectivity index (χ1v) is 12.4. The Morgan fingerprint density at radius 3 is 1.91 bits per heavy atom. The average Bonchev–Trinajstić information content (AvgIpc) is 2.55. The summed E-state index contributed by atoms with van der Waals surface area (Å²) >= 11 is 0. The van der Waals surface area contributed by atoms with Crippen LogP contribution in [0.25, 0.3) is 0 Å². The van der Waals surface area contributed by atoms with Crippen molar-refractivity contribution < 1.29 is 8.85 Å². The van der Waals surface area contributed by atoms with Gasteiger partial charge in [0.15, 0.2) is 0 Å². The summed E-state index contributed by atoms with van der Waals surface area (Å²) in [6, 6.07) is 1.10. The molecule has 0 aromatic heterocycles. The maximum atomic E-state index is 7.08. The fourth-order valence-electron chi connectivity index (χ4n) is 4.92. The van der Waals surface area contributed by atoms with Crippen molar-refractivity contribution in [2.75, 3.05) is 0 Å². The summed E-state index contributed by atoms with van der Waals surface area (Å²) in [6.45, 7) is 11.4. The monoisotopic (exact) mass is 340 g/mol. The van der Waals surface area contributed by atoms with E-state index in [0.29, 0.717) is 11.5 Å². The molecule has 136 valence electrons. The maximum Gasteiger partial charge on any atom is 0.341 e. The van der Waals surface area contributed by atoms with Crippen molar-refractivity contribution in [2.24, 2.45) is 5.92 Å². The van der Waals surface area contributed by atoms with Gasteiger partial charge in [-0.25, -0.2) is 0 Å². The van der Waals surface area contributed by atoms with E-state index >= 15 is 0 Å². The summed E-state index contributed by atoms with van der Waals surface area (Å²) in [5.41, 5.74) is 0.682. The van der Waals surface area contributed by atoms with E-state index in [4.69, 9.17) is 8.85 Å². The van der Waals surface area contributed by atoms with Crippen LogP contribution >= 0.6 is 0 Å². The van der Waals surface area contributed by atoms with E-state index in [9.17, 15) is 0 Å². The van der Waals surface area contributed by atoms with E-state index in [-0.39, 0.29) is 11.7 Å². The third kappa shape index (κ3) is 5.06. The molecule has 0 spiro atoms. The molecule has 0 aromatic rings. The van der Waals surface area contributed by atoms with Gasteiger partial charge in [0.1, 0.15) is 0 Å². The van der Waals surface area contributed by atoms with Crippen molar-refractivity contribution in [2.45, 2.75) is 122 Å². The molecule has 2 rings (SSSR count). The Hall–Kier alpha value is 0.137. The quantitative estimate of drug-likeness (QED) is 0.487.